The number of aliphatic hydroxyl groups is 1. The van der Waals surface area contributed by atoms with Gasteiger partial charge in [-0.2, -0.15) is 0 Å². The van der Waals surface area contributed by atoms with Gasteiger partial charge in [0.25, 0.3) is 0 Å². The topological polar surface area (TPSA) is 119 Å². The lowest BCUT2D eigenvalue weighted by Crippen LogP contribution is -2.54. The molecule has 1 rings (SSSR count). The lowest BCUT2D eigenvalue weighted by Gasteiger charge is -2.36. The molecular weight excluding hydrogens is 290 g/mol. The molecule has 0 unspecified atom stereocenters. The maximum Gasteiger partial charge on any atom is 0.410 e. The predicted octanol–water partition coefficient (Wildman–Crippen LogP) is 1.13. The SMILES string of the molecule is C[C@@H](O)[C@H](N=[N+]=[N-])C(=O)N1CCN(C(=O)OC(C)(C)C)CC1. The Labute approximate surface area is 129 Å². The second-order valence-corrected chi connectivity index (χ2v) is 6.18. The normalized spacial score (nSPS) is 18.2. The van der Waals surface area contributed by atoms with Gasteiger partial charge < -0.3 is 19.6 Å². The van der Waals surface area contributed by atoms with Gasteiger partial charge in [-0.3, -0.25) is 4.79 Å². The summed E-state index contributed by atoms with van der Waals surface area (Å²) in [6, 6.07) is -1.14. The molecule has 0 aromatic heterocycles. The van der Waals surface area contributed by atoms with Crippen LogP contribution >= 0.6 is 0 Å². The number of carbonyl (C=O) groups excluding carboxylic acids is 2. The van der Waals surface area contributed by atoms with E-state index in [1.807, 2.05) is 0 Å². The second kappa shape index (κ2) is 7.33. The van der Waals surface area contributed by atoms with Crippen LogP contribution in [0.3, 0.4) is 0 Å². The standard InChI is InChI=1S/C13H23N5O4/c1-9(19)10(15-16-14)11(20)17-5-7-18(8-6-17)12(21)22-13(2,3)4/h9-10,19H,5-8H2,1-4H3/t9-,10+/m1/s1. The van der Waals surface area contributed by atoms with Gasteiger partial charge in [0, 0.05) is 31.1 Å². The largest absolute Gasteiger partial charge is 0.444 e. The zero-order valence-electron chi connectivity index (χ0n) is 13.4. The average molecular weight is 313 g/mol. The summed E-state index contributed by atoms with van der Waals surface area (Å²) >= 11 is 0. The van der Waals surface area contributed by atoms with Gasteiger partial charge in [-0.05, 0) is 33.2 Å². The Balaban J connectivity index is 2.59. The number of piperazine rings is 1. The Morgan fingerprint density at radius 1 is 1.23 bits per heavy atom. The van der Waals surface area contributed by atoms with E-state index in [-0.39, 0.29) is 0 Å². The van der Waals surface area contributed by atoms with Crippen molar-refractivity contribution in [3.05, 3.63) is 10.4 Å². The molecule has 124 valence electrons. The molecule has 0 aromatic carbocycles. The van der Waals surface area contributed by atoms with Crippen molar-refractivity contribution in [2.24, 2.45) is 5.11 Å². The lowest BCUT2D eigenvalue weighted by molar-refractivity contribution is -0.136. The molecule has 1 aliphatic rings. The molecule has 0 bridgehead atoms. The summed E-state index contributed by atoms with van der Waals surface area (Å²) in [5, 5.41) is 12.9. The number of hydrogen-bond acceptors (Lipinski definition) is 5. The minimum atomic E-state index is -1.14. The van der Waals surface area contributed by atoms with E-state index >= 15 is 0 Å². The summed E-state index contributed by atoms with van der Waals surface area (Å²) in [4.78, 5) is 29.7. The molecule has 9 heteroatoms. The Hall–Kier alpha value is -1.99. The highest BCUT2D eigenvalue weighted by molar-refractivity contribution is 5.83. The van der Waals surface area contributed by atoms with E-state index < -0.39 is 29.7 Å². The minimum Gasteiger partial charge on any atom is -0.444 e. The van der Waals surface area contributed by atoms with E-state index in [4.69, 9.17) is 10.3 Å². The fraction of sp³-hybridized carbons (Fsp3) is 0.846. The van der Waals surface area contributed by atoms with Crippen molar-refractivity contribution in [3.63, 3.8) is 0 Å². The van der Waals surface area contributed by atoms with E-state index in [9.17, 15) is 14.7 Å². The fourth-order valence-corrected chi connectivity index (χ4v) is 2.03. The number of aliphatic hydroxyl groups excluding tert-OH is 1. The summed E-state index contributed by atoms with van der Waals surface area (Å²) in [6.45, 7) is 8.05. The van der Waals surface area contributed by atoms with E-state index in [0.29, 0.717) is 26.2 Å². The van der Waals surface area contributed by atoms with Crippen LogP contribution in [-0.4, -0.2) is 70.8 Å². The highest BCUT2D eigenvalue weighted by Crippen LogP contribution is 2.13. The first kappa shape index (κ1) is 18.1. The van der Waals surface area contributed by atoms with Crippen LogP contribution in [0.4, 0.5) is 4.79 Å². The van der Waals surface area contributed by atoms with Crippen LogP contribution in [0.2, 0.25) is 0 Å². The third kappa shape index (κ3) is 5.09. The molecule has 1 N–H and O–H groups in total. The number of nitrogens with zero attached hydrogens (tertiary/aromatic N) is 5. The van der Waals surface area contributed by atoms with Gasteiger partial charge >= 0.3 is 6.09 Å². The Kier molecular flexibility index (Phi) is 6.01. The molecule has 0 radical (unpaired) electrons. The lowest BCUT2D eigenvalue weighted by atomic mass is 10.1. The molecule has 1 heterocycles. The Bertz CT molecular complexity index is 460. The first-order chi connectivity index (χ1) is 10.2. The van der Waals surface area contributed by atoms with Crippen molar-refractivity contribution in [1.82, 2.24) is 9.80 Å². The number of azide groups is 1. The first-order valence-electron chi connectivity index (χ1n) is 7.14. The van der Waals surface area contributed by atoms with Crippen LogP contribution in [0.15, 0.2) is 5.11 Å². The maximum atomic E-state index is 12.2. The van der Waals surface area contributed by atoms with Gasteiger partial charge in [-0.15, -0.1) is 0 Å². The number of ether oxygens (including phenoxy) is 1. The first-order valence-corrected chi connectivity index (χ1v) is 7.14. The van der Waals surface area contributed by atoms with Gasteiger partial charge in [-0.1, -0.05) is 5.11 Å². The van der Waals surface area contributed by atoms with Crippen LogP contribution in [0, 0.1) is 0 Å². The molecule has 1 fully saturated rings. The van der Waals surface area contributed by atoms with Crippen molar-refractivity contribution in [2.45, 2.75) is 45.4 Å². The van der Waals surface area contributed by atoms with Crippen LogP contribution in [0.5, 0.6) is 0 Å². The van der Waals surface area contributed by atoms with Crippen molar-refractivity contribution >= 4 is 12.0 Å². The summed E-state index contributed by atoms with van der Waals surface area (Å²) in [5.74, 6) is -0.434. The van der Waals surface area contributed by atoms with E-state index in [2.05, 4.69) is 10.0 Å². The number of hydrogen-bond donors (Lipinski definition) is 1. The summed E-state index contributed by atoms with van der Waals surface area (Å²) in [5.41, 5.74) is 7.90. The molecular formula is C13H23N5O4. The summed E-state index contributed by atoms with van der Waals surface area (Å²) < 4.78 is 5.27. The van der Waals surface area contributed by atoms with Gasteiger partial charge in [0.1, 0.15) is 11.6 Å². The third-order valence-corrected chi connectivity index (χ3v) is 3.13. The fourth-order valence-electron chi connectivity index (χ4n) is 2.03. The Morgan fingerprint density at radius 2 is 1.73 bits per heavy atom. The second-order valence-electron chi connectivity index (χ2n) is 6.18. The van der Waals surface area contributed by atoms with Crippen LogP contribution in [0.25, 0.3) is 10.4 Å². The average Bonchev–Trinajstić information content (AvgIpc) is 2.42. The predicted molar refractivity (Wildman–Crippen MR) is 79.0 cm³/mol. The van der Waals surface area contributed by atoms with Gasteiger partial charge in [0.15, 0.2) is 0 Å². The van der Waals surface area contributed by atoms with Gasteiger partial charge in [0.2, 0.25) is 5.91 Å². The Morgan fingerprint density at radius 3 is 2.14 bits per heavy atom. The zero-order chi connectivity index (χ0) is 16.9. The van der Waals surface area contributed by atoms with Crippen molar-refractivity contribution in [3.8, 4) is 0 Å². The molecule has 22 heavy (non-hydrogen) atoms. The molecule has 1 saturated heterocycles. The van der Waals surface area contributed by atoms with Crippen LogP contribution in [0.1, 0.15) is 27.7 Å². The monoisotopic (exact) mass is 313 g/mol. The molecule has 0 saturated carbocycles. The van der Waals surface area contributed by atoms with Crippen LogP contribution in [-0.2, 0) is 9.53 Å². The number of carbonyl (C=O) groups is 2. The van der Waals surface area contributed by atoms with E-state index in [1.165, 1.54) is 16.7 Å². The molecule has 0 spiro atoms. The van der Waals surface area contributed by atoms with Gasteiger partial charge in [0.05, 0.1) is 6.10 Å². The minimum absolute atomic E-state index is 0.308. The summed E-state index contributed by atoms with van der Waals surface area (Å²) in [6.07, 6.45) is -1.48. The van der Waals surface area contributed by atoms with Crippen molar-refractivity contribution in [2.75, 3.05) is 26.2 Å². The summed E-state index contributed by atoms with van der Waals surface area (Å²) in [7, 11) is 0. The highest BCUT2D eigenvalue weighted by Gasteiger charge is 2.32. The smallest absolute Gasteiger partial charge is 0.410 e. The highest BCUT2D eigenvalue weighted by atomic mass is 16.6. The molecule has 1 aliphatic heterocycles. The van der Waals surface area contributed by atoms with Crippen molar-refractivity contribution < 1.29 is 19.4 Å². The zero-order valence-corrected chi connectivity index (χ0v) is 13.4. The van der Waals surface area contributed by atoms with Gasteiger partial charge in [-0.25, -0.2) is 4.79 Å². The van der Waals surface area contributed by atoms with Crippen LogP contribution < -0.4 is 0 Å². The molecule has 9 nitrogen and oxygen atoms in total. The number of rotatable bonds is 3. The maximum absolute atomic E-state index is 12.2. The third-order valence-electron chi connectivity index (χ3n) is 3.13. The molecule has 2 atom stereocenters. The molecule has 0 aliphatic carbocycles. The quantitative estimate of drug-likeness (QED) is 0.477. The molecule has 2 amide bonds. The molecule has 0 aromatic rings. The van der Waals surface area contributed by atoms with Crippen molar-refractivity contribution in [1.29, 1.82) is 0 Å². The van der Waals surface area contributed by atoms with E-state index in [0.717, 1.165) is 0 Å². The van der Waals surface area contributed by atoms with E-state index in [1.54, 1.807) is 20.8 Å². The number of amides is 2.